The lowest BCUT2D eigenvalue weighted by Gasteiger charge is -2.24. The first-order valence-electron chi connectivity index (χ1n) is 9.00. The van der Waals surface area contributed by atoms with Gasteiger partial charge in [-0.15, -0.1) is 0 Å². The van der Waals surface area contributed by atoms with E-state index in [1.54, 1.807) is 6.07 Å². The number of pyridine rings is 1. The van der Waals surface area contributed by atoms with Crippen molar-refractivity contribution in [1.82, 2.24) is 20.7 Å². The first-order chi connectivity index (χ1) is 12.7. The van der Waals surface area contributed by atoms with Crippen molar-refractivity contribution >= 4 is 10.9 Å². The Morgan fingerprint density at radius 1 is 1.08 bits per heavy atom. The maximum Gasteiger partial charge on any atom is 0.141 e. The largest absolute Gasteiger partial charge is 0.506 e. The molecular weight excluding hydrogens is 324 g/mol. The molecule has 2 heterocycles. The van der Waals surface area contributed by atoms with Gasteiger partial charge in [0.25, 0.3) is 0 Å². The fourth-order valence-corrected chi connectivity index (χ4v) is 3.72. The maximum atomic E-state index is 10.0. The standard InChI is InChI=1S/C21H24N4O/c1-25(13-17-12-22-24-20(17)15-6-3-2-4-7-15)14-18-11-10-16-8-5-9-19(26)21(16)23-18/h2-11,17,20,22,24,26H,12-14H2,1H3. The van der Waals surface area contributed by atoms with Crippen LogP contribution in [0.2, 0.25) is 0 Å². The van der Waals surface area contributed by atoms with Crippen LogP contribution in [0.3, 0.4) is 0 Å². The number of fused-ring (bicyclic) bond motifs is 1. The molecule has 26 heavy (non-hydrogen) atoms. The summed E-state index contributed by atoms with van der Waals surface area (Å²) >= 11 is 0. The molecule has 1 aliphatic heterocycles. The zero-order valence-electron chi connectivity index (χ0n) is 14.9. The SMILES string of the molecule is CN(Cc1ccc2cccc(O)c2n1)CC1CNNC1c1ccccc1. The lowest BCUT2D eigenvalue weighted by molar-refractivity contribution is 0.260. The monoisotopic (exact) mass is 348 g/mol. The Morgan fingerprint density at radius 2 is 1.92 bits per heavy atom. The number of para-hydroxylation sites is 1. The lowest BCUT2D eigenvalue weighted by atomic mass is 9.94. The second-order valence-electron chi connectivity index (χ2n) is 7.02. The number of benzene rings is 2. The Kier molecular flexibility index (Phi) is 4.84. The summed E-state index contributed by atoms with van der Waals surface area (Å²) in [7, 11) is 2.12. The summed E-state index contributed by atoms with van der Waals surface area (Å²) in [5.74, 6) is 0.719. The van der Waals surface area contributed by atoms with Crippen molar-refractivity contribution in [3.05, 3.63) is 71.9 Å². The molecule has 5 heteroatoms. The smallest absolute Gasteiger partial charge is 0.141 e. The summed E-state index contributed by atoms with van der Waals surface area (Å²) in [6.45, 7) is 2.65. The summed E-state index contributed by atoms with van der Waals surface area (Å²) in [5, 5.41) is 11.0. The maximum absolute atomic E-state index is 10.0. The average Bonchev–Trinajstić information content (AvgIpc) is 3.11. The van der Waals surface area contributed by atoms with E-state index in [2.05, 4.69) is 52.0 Å². The molecule has 134 valence electrons. The number of phenolic OH excluding ortho intramolecular Hbond substituents is 1. The van der Waals surface area contributed by atoms with Gasteiger partial charge in [0.05, 0.1) is 11.7 Å². The molecule has 1 aromatic heterocycles. The van der Waals surface area contributed by atoms with Crippen LogP contribution >= 0.6 is 0 Å². The molecule has 1 aliphatic rings. The molecular formula is C21H24N4O. The summed E-state index contributed by atoms with van der Waals surface area (Å²) in [5.41, 5.74) is 9.65. The summed E-state index contributed by atoms with van der Waals surface area (Å²) in [6.07, 6.45) is 0. The Hall–Kier alpha value is -2.47. The molecule has 0 bridgehead atoms. The molecule has 1 saturated heterocycles. The van der Waals surface area contributed by atoms with Crippen LogP contribution in [0, 0.1) is 5.92 Å². The van der Waals surface area contributed by atoms with Gasteiger partial charge in [0.1, 0.15) is 11.3 Å². The highest BCUT2D eigenvalue weighted by Gasteiger charge is 2.28. The zero-order chi connectivity index (χ0) is 17.9. The topological polar surface area (TPSA) is 60.4 Å². The van der Waals surface area contributed by atoms with Gasteiger partial charge in [-0.1, -0.05) is 48.5 Å². The molecule has 0 amide bonds. The normalized spacial score (nSPS) is 20.1. The molecule has 1 fully saturated rings. The van der Waals surface area contributed by atoms with Gasteiger partial charge in [0.15, 0.2) is 0 Å². The Labute approximate surface area is 153 Å². The van der Waals surface area contributed by atoms with E-state index < -0.39 is 0 Å². The van der Waals surface area contributed by atoms with Crippen molar-refractivity contribution in [1.29, 1.82) is 0 Å². The zero-order valence-corrected chi connectivity index (χ0v) is 14.9. The minimum atomic E-state index is 0.236. The fourth-order valence-electron chi connectivity index (χ4n) is 3.72. The van der Waals surface area contributed by atoms with Gasteiger partial charge >= 0.3 is 0 Å². The quantitative estimate of drug-likeness (QED) is 0.662. The van der Waals surface area contributed by atoms with Crippen molar-refractivity contribution in [3.8, 4) is 5.75 Å². The van der Waals surface area contributed by atoms with Crippen LogP contribution < -0.4 is 10.9 Å². The van der Waals surface area contributed by atoms with Crippen LogP contribution in [0.25, 0.3) is 10.9 Å². The van der Waals surface area contributed by atoms with Crippen LogP contribution in [0.1, 0.15) is 17.3 Å². The number of nitrogens with one attached hydrogen (secondary N) is 2. The highest BCUT2D eigenvalue weighted by molar-refractivity contribution is 5.84. The van der Waals surface area contributed by atoms with Crippen molar-refractivity contribution in [2.75, 3.05) is 20.1 Å². The van der Waals surface area contributed by atoms with E-state index in [4.69, 9.17) is 0 Å². The number of phenols is 1. The van der Waals surface area contributed by atoms with Crippen LogP contribution in [-0.2, 0) is 6.54 Å². The molecule has 0 saturated carbocycles. The number of aromatic nitrogens is 1. The third-order valence-electron chi connectivity index (χ3n) is 4.99. The van der Waals surface area contributed by atoms with Gasteiger partial charge < -0.3 is 10.0 Å². The van der Waals surface area contributed by atoms with Gasteiger partial charge in [-0.25, -0.2) is 10.4 Å². The molecule has 3 aromatic rings. The second kappa shape index (κ2) is 7.41. The molecule has 2 atom stereocenters. The molecule has 0 radical (unpaired) electrons. The number of hydrogen-bond acceptors (Lipinski definition) is 5. The molecule has 5 nitrogen and oxygen atoms in total. The third kappa shape index (κ3) is 3.55. The highest BCUT2D eigenvalue weighted by Crippen LogP contribution is 2.26. The number of hydrogen-bond donors (Lipinski definition) is 3. The predicted molar refractivity (Wildman–Crippen MR) is 104 cm³/mol. The molecule has 0 aliphatic carbocycles. The Bertz CT molecular complexity index is 884. The summed E-state index contributed by atoms with van der Waals surface area (Å²) in [6, 6.07) is 20.4. The molecule has 0 spiro atoms. The molecule has 3 N–H and O–H groups in total. The van der Waals surface area contributed by atoms with Gasteiger partial charge in [0.2, 0.25) is 0 Å². The number of aromatic hydroxyl groups is 1. The van der Waals surface area contributed by atoms with Gasteiger partial charge in [-0.3, -0.25) is 5.43 Å². The van der Waals surface area contributed by atoms with Crippen molar-refractivity contribution in [2.24, 2.45) is 5.92 Å². The first kappa shape index (κ1) is 17.0. The molecule has 4 rings (SSSR count). The van der Waals surface area contributed by atoms with E-state index in [1.807, 2.05) is 30.3 Å². The van der Waals surface area contributed by atoms with Gasteiger partial charge in [0, 0.05) is 30.9 Å². The predicted octanol–water partition coefficient (Wildman–Crippen LogP) is 2.84. The Morgan fingerprint density at radius 3 is 2.77 bits per heavy atom. The highest BCUT2D eigenvalue weighted by atomic mass is 16.3. The van der Waals surface area contributed by atoms with Crippen molar-refractivity contribution in [3.63, 3.8) is 0 Å². The van der Waals surface area contributed by atoms with Crippen molar-refractivity contribution < 1.29 is 5.11 Å². The van der Waals surface area contributed by atoms with Crippen LogP contribution in [0.15, 0.2) is 60.7 Å². The average molecular weight is 348 g/mol. The number of nitrogens with zero attached hydrogens (tertiary/aromatic N) is 2. The lowest BCUT2D eigenvalue weighted by Crippen LogP contribution is -2.30. The second-order valence-corrected chi connectivity index (χ2v) is 7.02. The molecule has 2 aromatic carbocycles. The summed E-state index contributed by atoms with van der Waals surface area (Å²) in [4.78, 5) is 6.94. The number of rotatable bonds is 5. The van der Waals surface area contributed by atoms with E-state index in [0.29, 0.717) is 17.5 Å². The van der Waals surface area contributed by atoms with E-state index in [1.165, 1.54) is 5.56 Å². The van der Waals surface area contributed by atoms with E-state index in [0.717, 1.165) is 30.7 Å². The summed E-state index contributed by atoms with van der Waals surface area (Å²) < 4.78 is 0. The van der Waals surface area contributed by atoms with E-state index in [9.17, 15) is 5.11 Å². The van der Waals surface area contributed by atoms with Crippen LogP contribution in [-0.4, -0.2) is 35.1 Å². The van der Waals surface area contributed by atoms with Gasteiger partial charge in [-0.05, 0) is 24.7 Å². The third-order valence-corrected chi connectivity index (χ3v) is 4.99. The van der Waals surface area contributed by atoms with E-state index in [-0.39, 0.29) is 5.75 Å². The first-order valence-corrected chi connectivity index (χ1v) is 9.00. The number of hydrazine groups is 1. The van der Waals surface area contributed by atoms with Crippen LogP contribution in [0.4, 0.5) is 0 Å². The minimum Gasteiger partial charge on any atom is -0.506 e. The van der Waals surface area contributed by atoms with Crippen LogP contribution in [0.5, 0.6) is 5.75 Å². The Balaban J connectivity index is 1.45. The fraction of sp³-hybridized carbons (Fsp3) is 0.286. The van der Waals surface area contributed by atoms with E-state index >= 15 is 0 Å². The molecule has 2 unspecified atom stereocenters. The van der Waals surface area contributed by atoms with Crippen molar-refractivity contribution in [2.45, 2.75) is 12.6 Å². The van der Waals surface area contributed by atoms with Gasteiger partial charge in [-0.2, -0.15) is 0 Å². The minimum absolute atomic E-state index is 0.236.